The zero-order chi connectivity index (χ0) is 14.4. The zero-order valence-corrected chi connectivity index (χ0v) is 14.6. The molecule has 1 aromatic rings. The second kappa shape index (κ2) is 8.02. The van der Waals surface area contributed by atoms with Crippen LogP contribution in [0.15, 0.2) is 27.1 Å². The third-order valence-corrected chi connectivity index (χ3v) is 3.89. The Morgan fingerprint density at radius 2 is 1.95 bits per heavy atom. The molecule has 0 radical (unpaired) electrons. The van der Waals surface area contributed by atoms with Gasteiger partial charge in [0.2, 0.25) is 5.91 Å². The van der Waals surface area contributed by atoms with Gasteiger partial charge in [-0.2, -0.15) is 0 Å². The predicted octanol–water partition coefficient (Wildman–Crippen LogP) is 3.63. The van der Waals surface area contributed by atoms with Crippen LogP contribution in [0.5, 0.6) is 0 Å². The molecule has 1 aromatic carbocycles. The van der Waals surface area contributed by atoms with Crippen LogP contribution in [0.2, 0.25) is 0 Å². The lowest BCUT2D eigenvalue weighted by atomic mass is 10.1. The normalized spacial score (nSPS) is 12.5. The molecule has 1 atom stereocenters. The monoisotopic (exact) mass is 390 g/mol. The second-order valence-electron chi connectivity index (χ2n) is 4.97. The third-order valence-electron chi connectivity index (χ3n) is 2.71. The van der Waals surface area contributed by atoms with Gasteiger partial charge in [0, 0.05) is 21.5 Å². The third kappa shape index (κ3) is 6.06. The lowest BCUT2D eigenvalue weighted by molar-refractivity contribution is -0.120. The van der Waals surface area contributed by atoms with E-state index in [9.17, 15) is 4.79 Å². The molecule has 2 N–H and O–H groups in total. The van der Waals surface area contributed by atoms with Crippen LogP contribution in [0, 0.1) is 5.92 Å². The number of hydrogen-bond donors (Lipinski definition) is 2. The van der Waals surface area contributed by atoms with Gasteiger partial charge in [0.25, 0.3) is 0 Å². The molecule has 0 aromatic heterocycles. The maximum absolute atomic E-state index is 11.6. The van der Waals surface area contributed by atoms with Crippen molar-refractivity contribution in [3.8, 4) is 0 Å². The molecule has 1 rings (SSSR count). The van der Waals surface area contributed by atoms with Gasteiger partial charge in [-0.05, 0) is 30.5 Å². The number of rotatable bonds is 6. The van der Waals surface area contributed by atoms with E-state index in [2.05, 4.69) is 56.3 Å². The first kappa shape index (κ1) is 16.7. The number of benzene rings is 1. The Hall–Kier alpha value is -0.390. The molecule has 0 aliphatic heterocycles. The highest BCUT2D eigenvalue weighted by molar-refractivity contribution is 9.11. The van der Waals surface area contributed by atoms with Crippen molar-refractivity contribution in [3.63, 3.8) is 0 Å². The average molecular weight is 392 g/mol. The Morgan fingerprint density at radius 3 is 2.53 bits per heavy atom. The molecule has 1 unspecified atom stereocenters. The highest BCUT2D eigenvalue weighted by atomic mass is 79.9. The van der Waals surface area contributed by atoms with E-state index in [-0.39, 0.29) is 11.9 Å². The van der Waals surface area contributed by atoms with Gasteiger partial charge in [-0.25, -0.2) is 0 Å². The van der Waals surface area contributed by atoms with Crippen molar-refractivity contribution in [2.75, 3.05) is 13.1 Å². The first-order valence-corrected chi connectivity index (χ1v) is 7.93. The van der Waals surface area contributed by atoms with E-state index in [1.54, 1.807) is 0 Å². The summed E-state index contributed by atoms with van der Waals surface area (Å²) in [5, 5.41) is 6.12. The minimum atomic E-state index is 0.0359. The Kier molecular flexibility index (Phi) is 7.04. The molecule has 0 heterocycles. The van der Waals surface area contributed by atoms with Crippen LogP contribution in [-0.2, 0) is 4.79 Å². The highest BCUT2D eigenvalue weighted by Crippen LogP contribution is 2.26. The molecule has 19 heavy (non-hydrogen) atoms. The lowest BCUT2D eigenvalue weighted by Gasteiger charge is -2.16. The molecule has 0 spiro atoms. The van der Waals surface area contributed by atoms with Crippen molar-refractivity contribution in [1.29, 1.82) is 0 Å². The lowest BCUT2D eigenvalue weighted by Crippen LogP contribution is -2.36. The fourth-order valence-corrected chi connectivity index (χ4v) is 2.98. The van der Waals surface area contributed by atoms with Crippen LogP contribution in [0.25, 0.3) is 0 Å². The fourth-order valence-electron chi connectivity index (χ4n) is 1.59. The Morgan fingerprint density at radius 1 is 1.26 bits per heavy atom. The number of carbonyl (C=O) groups excluding carboxylic acids is 1. The molecule has 0 bridgehead atoms. The smallest absolute Gasteiger partial charge is 0.233 e. The summed E-state index contributed by atoms with van der Waals surface area (Å²) in [6.07, 6.45) is 0. The van der Waals surface area contributed by atoms with Crippen molar-refractivity contribution in [3.05, 3.63) is 32.7 Å². The van der Waals surface area contributed by atoms with E-state index < -0.39 is 0 Å². The molecule has 5 heteroatoms. The summed E-state index contributed by atoms with van der Waals surface area (Å²) in [6.45, 7) is 7.25. The van der Waals surface area contributed by atoms with Gasteiger partial charge >= 0.3 is 0 Å². The molecule has 1 amide bonds. The van der Waals surface area contributed by atoms with Crippen molar-refractivity contribution in [1.82, 2.24) is 10.6 Å². The highest BCUT2D eigenvalue weighted by Gasteiger charge is 2.11. The maximum atomic E-state index is 11.6. The van der Waals surface area contributed by atoms with Gasteiger partial charge in [0.1, 0.15) is 0 Å². The first-order valence-electron chi connectivity index (χ1n) is 6.35. The quantitative estimate of drug-likeness (QED) is 0.777. The summed E-state index contributed by atoms with van der Waals surface area (Å²) in [5.74, 6) is 0.510. The summed E-state index contributed by atoms with van der Waals surface area (Å²) in [6, 6.07) is 6.16. The van der Waals surface area contributed by atoms with E-state index in [4.69, 9.17) is 0 Å². The summed E-state index contributed by atoms with van der Waals surface area (Å²) >= 11 is 6.96. The molecule has 0 saturated heterocycles. The van der Waals surface area contributed by atoms with Gasteiger partial charge in [-0.1, -0.05) is 51.8 Å². The van der Waals surface area contributed by atoms with E-state index in [1.165, 1.54) is 0 Å². The number of hydrogen-bond acceptors (Lipinski definition) is 2. The van der Waals surface area contributed by atoms with Crippen LogP contribution in [0.4, 0.5) is 0 Å². The van der Waals surface area contributed by atoms with Crippen LogP contribution in [0.1, 0.15) is 32.4 Å². The molecule has 0 fully saturated rings. The molecule has 0 saturated carbocycles. The Balaban J connectivity index is 2.46. The summed E-state index contributed by atoms with van der Waals surface area (Å²) in [4.78, 5) is 11.6. The summed E-state index contributed by atoms with van der Waals surface area (Å²) in [5.41, 5.74) is 1.14. The van der Waals surface area contributed by atoms with Crippen LogP contribution in [-0.4, -0.2) is 19.0 Å². The van der Waals surface area contributed by atoms with Crippen molar-refractivity contribution in [2.24, 2.45) is 5.92 Å². The summed E-state index contributed by atoms with van der Waals surface area (Å²) in [7, 11) is 0. The standard InChI is InChI=1S/C14H20Br2N2O/c1-9(2)7-18-14(19)8-17-10(3)12-5-4-11(15)6-13(12)16/h4-6,9-10,17H,7-8H2,1-3H3,(H,18,19). The molecule has 3 nitrogen and oxygen atoms in total. The molecule has 106 valence electrons. The Bertz CT molecular complexity index is 435. The zero-order valence-electron chi connectivity index (χ0n) is 11.5. The number of carbonyl (C=O) groups is 1. The SMILES string of the molecule is CC(C)CNC(=O)CNC(C)c1ccc(Br)cc1Br. The van der Waals surface area contributed by atoms with E-state index in [0.29, 0.717) is 12.5 Å². The van der Waals surface area contributed by atoms with Gasteiger partial charge < -0.3 is 10.6 Å². The molecule has 0 aliphatic rings. The fraction of sp³-hybridized carbons (Fsp3) is 0.500. The first-order chi connectivity index (χ1) is 8.90. The number of halogens is 2. The molecule has 0 aliphatic carbocycles. The van der Waals surface area contributed by atoms with Crippen LogP contribution < -0.4 is 10.6 Å². The maximum Gasteiger partial charge on any atom is 0.233 e. The average Bonchev–Trinajstić information content (AvgIpc) is 2.33. The van der Waals surface area contributed by atoms with E-state index in [0.717, 1.165) is 21.1 Å². The predicted molar refractivity (Wildman–Crippen MR) is 86.1 cm³/mol. The Labute approximate surface area is 131 Å². The minimum absolute atomic E-state index is 0.0359. The van der Waals surface area contributed by atoms with Gasteiger partial charge in [-0.3, -0.25) is 4.79 Å². The van der Waals surface area contributed by atoms with Gasteiger partial charge in [-0.15, -0.1) is 0 Å². The van der Waals surface area contributed by atoms with Crippen molar-refractivity contribution >= 4 is 37.8 Å². The number of amides is 1. The largest absolute Gasteiger partial charge is 0.355 e. The van der Waals surface area contributed by atoms with Gasteiger partial charge in [0.15, 0.2) is 0 Å². The minimum Gasteiger partial charge on any atom is -0.355 e. The van der Waals surface area contributed by atoms with E-state index >= 15 is 0 Å². The van der Waals surface area contributed by atoms with Crippen molar-refractivity contribution < 1.29 is 4.79 Å². The van der Waals surface area contributed by atoms with Crippen LogP contribution >= 0.6 is 31.9 Å². The summed E-state index contributed by atoms with van der Waals surface area (Å²) < 4.78 is 2.06. The second-order valence-corrected chi connectivity index (χ2v) is 6.74. The molecular formula is C14H20Br2N2O. The van der Waals surface area contributed by atoms with Gasteiger partial charge in [0.05, 0.1) is 6.54 Å². The van der Waals surface area contributed by atoms with Crippen LogP contribution in [0.3, 0.4) is 0 Å². The topological polar surface area (TPSA) is 41.1 Å². The van der Waals surface area contributed by atoms with Crippen molar-refractivity contribution in [2.45, 2.75) is 26.8 Å². The van der Waals surface area contributed by atoms with E-state index in [1.807, 2.05) is 25.1 Å². The number of nitrogens with one attached hydrogen (secondary N) is 2. The molecular weight excluding hydrogens is 372 g/mol.